The Hall–Kier alpha value is -0.780. The second kappa shape index (κ2) is 9.45. The van der Waals surface area contributed by atoms with Gasteiger partial charge in [0.05, 0.1) is 0 Å². The van der Waals surface area contributed by atoms with E-state index in [0.717, 1.165) is 0 Å². The zero-order chi connectivity index (χ0) is 11.5. The Labute approximate surface area is 101 Å². The fourth-order valence-electron chi connectivity index (χ4n) is 1.94. The van der Waals surface area contributed by atoms with Crippen molar-refractivity contribution in [2.24, 2.45) is 0 Å². The van der Waals surface area contributed by atoms with E-state index in [9.17, 15) is 0 Å². The summed E-state index contributed by atoms with van der Waals surface area (Å²) < 4.78 is 0. The summed E-state index contributed by atoms with van der Waals surface area (Å²) in [5, 5.41) is 0. The molecule has 0 aromatic carbocycles. The van der Waals surface area contributed by atoms with E-state index in [1.807, 2.05) is 0 Å². The highest BCUT2D eigenvalue weighted by molar-refractivity contribution is 5.15. The first-order valence-corrected chi connectivity index (χ1v) is 6.85. The largest absolute Gasteiger partial charge is 0.0882 e. The van der Waals surface area contributed by atoms with Crippen LogP contribution in [0.25, 0.3) is 0 Å². The van der Waals surface area contributed by atoms with Gasteiger partial charge in [-0.25, -0.2) is 0 Å². The first kappa shape index (κ1) is 13.3. The summed E-state index contributed by atoms with van der Waals surface area (Å²) in [4.78, 5) is 0. The number of allylic oxidation sites excluding steroid dienone is 6. The standard InChI is InChI=1S/C16H25/c1-2-3-4-5-7-10-13-16-14-11-8-6-9-12-15-16/h6,8,10,15H,2-5,7,9,11-12,14H2,1H3/b8-6-,13-10?,16-15-. The molecule has 0 amide bonds. The summed E-state index contributed by atoms with van der Waals surface area (Å²) in [6.45, 7) is 2.26. The Morgan fingerprint density at radius 2 is 2.00 bits per heavy atom. The molecular formula is C16H25. The molecule has 0 spiro atoms. The van der Waals surface area contributed by atoms with Gasteiger partial charge in [0.15, 0.2) is 0 Å². The monoisotopic (exact) mass is 217 g/mol. The highest BCUT2D eigenvalue weighted by Crippen LogP contribution is 2.13. The fourth-order valence-corrected chi connectivity index (χ4v) is 1.94. The van der Waals surface area contributed by atoms with Gasteiger partial charge < -0.3 is 0 Å². The Kier molecular flexibility index (Phi) is 7.84. The molecule has 0 nitrogen and oxygen atoms in total. The first-order valence-electron chi connectivity index (χ1n) is 6.85. The van der Waals surface area contributed by atoms with Crippen molar-refractivity contribution in [3.05, 3.63) is 36.0 Å². The van der Waals surface area contributed by atoms with Crippen LogP contribution in [0.3, 0.4) is 0 Å². The van der Waals surface area contributed by atoms with E-state index in [1.54, 1.807) is 0 Å². The minimum absolute atomic E-state index is 1.17. The second-order valence-electron chi connectivity index (χ2n) is 4.51. The number of unbranched alkanes of at least 4 members (excludes halogenated alkanes) is 4. The smallest absolute Gasteiger partial charge is 0.0195 e. The third-order valence-corrected chi connectivity index (χ3v) is 2.96. The molecule has 0 aromatic rings. The Morgan fingerprint density at radius 3 is 2.88 bits per heavy atom. The summed E-state index contributed by atoms with van der Waals surface area (Å²) in [6.07, 6.45) is 24.0. The maximum atomic E-state index is 3.47. The fraction of sp³-hybridized carbons (Fsp3) is 0.625. The zero-order valence-electron chi connectivity index (χ0n) is 10.7. The van der Waals surface area contributed by atoms with Gasteiger partial charge in [-0.1, -0.05) is 50.5 Å². The van der Waals surface area contributed by atoms with E-state index in [2.05, 4.69) is 37.3 Å². The molecule has 0 atom stereocenters. The van der Waals surface area contributed by atoms with Gasteiger partial charge in [0.25, 0.3) is 0 Å². The topological polar surface area (TPSA) is 0 Å². The van der Waals surface area contributed by atoms with Gasteiger partial charge in [-0.2, -0.15) is 0 Å². The van der Waals surface area contributed by atoms with Gasteiger partial charge >= 0.3 is 0 Å². The molecule has 0 saturated carbocycles. The number of rotatable bonds is 6. The molecule has 89 valence electrons. The van der Waals surface area contributed by atoms with Crippen LogP contribution in [0.4, 0.5) is 0 Å². The van der Waals surface area contributed by atoms with E-state index >= 15 is 0 Å². The van der Waals surface area contributed by atoms with Gasteiger partial charge in [0, 0.05) is 0 Å². The van der Waals surface area contributed by atoms with Crippen molar-refractivity contribution in [3.63, 3.8) is 0 Å². The molecule has 0 heterocycles. The molecule has 0 aliphatic heterocycles. The Bertz CT molecular complexity index is 243. The maximum Gasteiger partial charge on any atom is -0.0195 e. The van der Waals surface area contributed by atoms with Crippen LogP contribution in [-0.4, -0.2) is 0 Å². The van der Waals surface area contributed by atoms with Gasteiger partial charge in [-0.3, -0.25) is 0 Å². The van der Waals surface area contributed by atoms with Gasteiger partial charge in [0.1, 0.15) is 0 Å². The highest BCUT2D eigenvalue weighted by Gasteiger charge is 1.94. The quantitative estimate of drug-likeness (QED) is 0.414. The highest BCUT2D eigenvalue weighted by atomic mass is 14.0. The summed E-state index contributed by atoms with van der Waals surface area (Å²) in [6, 6.07) is 0. The minimum Gasteiger partial charge on any atom is -0.0882 e. The van der Waals surface area contributed by atoms with E-state index in [0.29, 0.717) is 0 Å². The van der Waals surface area contributed by atoms with Crippen molar-refractivity contribution < 1.29 is 0 Å². The van der Waals surface area contributed by atoms with Crippen LogP contribution in [0, 0.1) is 6.08 Å². The molecule has 1 aliphatic rings. The SMILES string of the molecule is CCCCCC/C=[C]\C1=C\CC/C=C\CC1. The lowest BCUT2D eigenvalue weighted by Gasteiger charge is -2.02. The Balaban J connectivity index is 2.16. The zero-order valence-corrected chi connectivity index (χ0v) is 10.7. The van der Waals surface area contributed by atoms with Crippen molar-refractivity contribution in [1.29, 1.82) is 0 Å². The van der Waals surface area contributed by atoms with E-state index in [4.69, 9.17) is 0 Å². The summed E-state index contributed by atoms with van der Waals surface area (Å²) in [7, 11) is 0. The Morgan fingerprint density at radius 1 is 1.12 bits per heavy atom. The van der Waals surface area contributed by atoms with Crippen molar-refractivity contribution in [2.45, 2.75) is 64.7 Å². The van der Waals surface area contributed by atoms with Crippen LogP contribution in [-0.2, 0) is 0 Å². The third-order valence-electron chi connectivity index (χ3n) is 2.96. The molecule has 1 rings (SSSR count). The summed E-state index contributed by atoms with van der Waals surface area (Å²) >= 11 is 0. The van der Waals surface area contributed by atoms with Crippen LogP contribution < -0.4 is 0 Å². The predicted octanol–water partition coefficient (Wildman–Crippen LogP) is 5.37. The lowest BCUT2D eigenvalue weighted by Crippen LogP contribution is -1.84. The lowest BCUT2D eigenvalue weighted by atomic mass is 10.0. The second-order valence-corrected chi connectivity index (χ2v) is 4.51. The van der Waals surface area contributed by atoms with E-state index in [-0.39, 0.29) is 0 Å². The van der Waals surface area contributed by atoms with Crippen LogP contribution in [0.15, 0.2) is 29.9 Å². The van der Waals surface area contributed by atoms with Gasteiger partial charge in [-0.05, 0) is 50.2 Å². The van der Waals surface area contributed by atoms with Crippen LogP contribution in [0.5, 0.6) is 0 Å². The lowest BCUT2D eigenvalue weighted by molar-refractivity contribution is 0.674. The molecule has 1 radical (unpaired) electrons. The van der Waals surface area contributed by atoms with Gasteiger partial charge in [0.2, 0.25) is 0 Å². The molecule has 16 heavy (non-hydrogen) atoms. The molecular weight excluding hydrogens is 192 g/mol. The molecule has 0 bridgehead atoms. The molecule has 0 saturated heterocycles. The normalized spacial score (nSPS) is 22.4. The summed E-state index contributed by atoms with van der Waals surface area (Å²) in [5.74, 6) is 0. The minimum atomic E-state index is 1.17. The molecule has 0 fully saturated rings. The number of hydrogen-bond acceptors (Lipinski definition) is 0. The molecule has 0 aromatic heterocycles. The van der Waals surface area contributed by atoms with Crippen LogP contribution in [0.1, 0.15) is 64.7 Å². The molecule has 0 N–H and O–H groups in total. The molecule has 0 unspecified atom stereocenters. The molecule has 0 heteroatoms. The van der Waals surface area contributed by atoms with E-state index < -0.39 is 0 Å². The van der Waals surface area contributed by atoms with Gasteiger partial charge in [-0.15, -0.1) is 0 Å². The van der Waals surface area contributed by atoms with E-state index in [1.165, 1.54) is 63.4 Å². The predicted molar refractivity (Wildman–Crippen MR) is 72.3 cm³/mol. The van der Waals surface area contributed by atoms with Crippen LogP contribution in [0.2, 0.25) is 0 Å². The average molecular weight is 217 g/mol. The third kappa shape index (κ3) is 6.66. The van der Waals surface area contributed by atoms with Crippen LogP contribution >= 0.6 is 0 Å². The first-order chi connectivity index (χ1) is 7.93. The summed E-state index contributed by atoms with van der Waals surface area (Å²) in [5.41, 5.74) is 1.42. The number of hydrogen-bond donors (Lipinski definition) is 0. The molecule has 1 aliphatic carbocycles. The van der Waals surface area contributed by atoms with Crippen molar-refractivity contribution in [1.82, 2.24) is 0 Å². The maximum absolute atomic E-state index is 3.47. The van der Waals surface area contributed by atoms with Crippen molar-refractivity contribution >= 4 is 0 Å². The van der Waals surface area contributed by atoms with Crippen molar-refractivity contribution in [3.8, 4) is 0 Å². The van der Waals surface area contributed by atoms with Crippen molar-refractivity contribution in [2.75, 3.05) is 0 Å². The average Bonchev–Trinajstić information content (AvgIpc) is 2.25.